The number of rotatable bonds is 2. The van der Waals surface area contributed by atoms with Crippen LogP contribution in [0.3, 0.4) is 0 Å². The van der Waals surface area contributed by atoms with Gasteiger partial charge in [0.15, 0.2) is 5.76 Å². The molecule has 3 heterocycles. The van der Waals surface area contributed by atoms with Crippen molar-refractivity contribution < 1.29 is 13.7 Å². The lowest BCUT2D eigenvalue weighted by atomic mass is 10.2. The van der Waals surface area contributed by atoms with Crippen LogP contribution in [-0.2, 0) is 0 Å². The van der Waals surface area contributed by atoms with Crippen molar-refractivity contribution in [1.82, 2.24) is 20.0 Å². The van der Waals surface area contributed by atoms with Crippen LogP contribution in [0.4, 0.5) is 14.9 Å². The Morgan fingerprint density at radius 1 is 1.44 bits per heavy atom. The maximum absolute atomic E-state index is 13.4. The second kappa shape index (κ2) is 5.87. The van der Waals surface area contributed by atoms with Crippen LogP contribution >= 0.6 is 0 Å². The Balaban J connectivity index is 1.60. The van der Waals surface area contributed by atoms with Crippen LogP contribution in [0.5, 0.6) is 0 Å². The second-order valence-electron chi connectivity index (χ2n) is 6.26. The molecule has 2 amide bonds. The third-order valence-electron chi connectivity index (χ3n) is 4.56. The highest BCUT2D eigenvalue weighted by Crippen LogP contribution is 2.32. The van der Waals surface area contributed by atoms with E-state index in [4.69, 9.17) is 4.52 Å². The van der Waals surface area contributed by atoms with Gasteiger partial charge in [0.1, 0.15) is 23.0 Å². The van der Waals surface area contributed by atoms with E-state index in [-0.39, 0.29) is 17.9 Å². The number of nitrogens with one attached hydrogen (secondary N) is 2. The zero-order chi connectivity index (χ0) is 17.6. The molecule has 0 aliphatic carbocycles. The fourth-order valence-corrected chi connectivity index (χ4v) is 3.29. The number of halogens is 1. The number of carbonyl (C=O) groups is 1. The van der Waals surface area contributed by atoms with E-state index in [0.717, 1.165) is 12.8 Å². The van der Waals surface area contributed by atoms with E-state index >= 15 is 0 Å². The largest absolute Gasteiger partial charge is 0.359 e. The van der Waals surface area contributed by atoms with E-state index in [9.17, 15) is 9.18 Å². The molecule has 2 aromatic heterocycles. The monoisotopic (exact) mass is 343 g/mol. The predicted octanol–water partition coefficient (Wildman–Crippen LogP) is 3.68. The first-order valence-corrected chi connectivity index (χ1v) is 8.18. The van der Waals surface area contributed by atoms with E-state index in [0.29, 0.717) is 40.5 Å². The van der Waals surface area contributed by atoms with Gasteiger partial charge in [-0.15, -0.1) is 0 Å². The Bertz CT molecular complexity index is 928. The van der Waals surface area contributed by atoms with Crippen molar-refractivity contribution in [2.75, 3.05) is 11.9 Å². The highest BCUT2D eigenvalue weighted by atomic mass is 19.1. The number of urea groups is 1. The lowest BCUT2D eigenvalue weighted by Gasteiger charge is -2.23. The molecule has 7 nitrogen and oxygen atoms in total. The summed E-state index contributed by atoms with van der Waals surface area (Å²) in [6.45, 7) is 4.16. The number of aromatic nitrogens is 3. The third-order valence-corrected chi connectivity index (χ3v) is 4.56. The van der Waals surface area contributed by atoms with Crippen LogP contribution < -0.4 is 5.32 Å². The smallest absolute Gasteiger partial charge is 0.322 e. The number of fused-ring (bicyclic) bond motifs is 1. The first-order chi connectivity index (χ1) is 12.0. The van der Waals surface area contributed by atoms with Gasteiger partial charge in [-0.3, -0.25) is 0 Å². The lowest BCUT2D eigenvalue weighted by Crippen LogP contribution is -2.35. The van der Waals surface area contributed by atoms with Gasteiger partial charge in [-0.25, -0.2) is 14.2 Å². The lowest BCUT2D eigenvalue weighted by molar-refractivity contribution is 0.205. The number of aryl methyl sites for hydroxylation is 2. The summed E-state index contributed by atoms with van der Waals surface area (Å²) < 4.78 is 18.5. The van der Waals surface area contributed by atoms with Crippen molar-refractivity contribution in [1.29, 1.82) is 0 Å². The minimum atomic E-state index is -0.317. The fraction of sp³-hybridized carbons (Fsp3) is 0.353. The van der Waals surface area contributed by atoms with Crippen molar-refractivity contribution in [3.8, 4) is 0 Å². The van der Waals surface area contributed by atoms with E-state index in [1.165, 1.54) is 12.1 Å². The van der Waals surface area contributed by atoms with Gasteiger partial charge in [0.2, 0.25) is 0 Å². The Morgan fingerprint density at radius 2 is 2.28 bits per heavy atom. The third kappa shape index (κ3) is 2.73. The molecule has 0 unspecified atom stereocenters. The Hall–Kier alpha value is -2.90. The van der Waals surface area contributed by atoms with Gasteiger partial charge in [-0.2, -0.15) is 0 Å². The molecule has 1 fully saturated rings. The molecular weight excluding hydrogens is 325 g/mol. The van der Waals surface area contributed by atoms with E-state index in [1.54, 1.807) is 24.8 Å². The van der Waals surface area contributed by atoms with E-state index < -0.39 is 0 Å². The number of likely N-dealkylation sites (tertiary alicyclic amines) is 1. The first kappa shape index (κ1) is 15.6. The molecule has 1 aliphatic rings. The number of imidazole rings is 1. The normalized spacial score (nSPS) is 17.4. The Labute approximate surface area is 143 Å². The predicted molar refractivity (Wildman–Crippen MR) is 89.7 cm³/mol. The van der Waals surface area contributed by atoms with Crippen molar-refractivity contribution in [3.63, 3.8) is 0 Å². The number of anilines is 1. The SMILES string of the molecule is Cc1noc(C)c1NC(=O)N1CCC[C@@H]1c1nc2ccc(F)cc2[nH]1. The summed E-state index contributed by atoms with van der Waals surface area (Å²) >= 11 is 0. The summed E-state index contributed by atoms with van der Waals surface area (Å²) in [5.41, 5.74) is 2.56. The summed E-state index contributed by atoms with van der Waals surface area (Å²) in [6.07, 6.45) is 1.68. The van der Waals surface area contributed by atoms with Gasteiger partial charge in [0.25, 0.3) is 0 Å². The first-order valence-electron chi connectivity index (χ1n) is 8.18. The zero-order valence-corrected chi connectivity index (χ0v) is 14.0. The molecule has 0 radical (unpaired) electrons. The van der Waals surface area contributed by atoms with Gasteiger partial charge >= 0.3 is 6.03 Å². The maximum atomic E-state index is 13.4. The molecular formula is C17H18FN5O2. The highest BCUT2D eigenvalue weighted by molar-refractivity contribution is 5.91. The van der Waals surface area contributed by atoms with Crippen LogP contribution in [0, 0.1) is 19.7 Å². The highest BCUT2D eigenvalue weighted by Gasteiger charge is 2.33. The average Bonchev–Trinajstić information content (AvgIpc) is 3.28. The summed E-state index contributed by atoms with van der Waals surface area (Å²) in [5.74, 6) is 0.926. The standard InChI is InChI=1S/C17H18FN5O2/c1-9-15(10(2)25-22-9)21-17(24)23-7-3-4-14(23)16-19-12-6-5-11(18)8-13(12)20-16/h5-6,8,14H,3-4,7H2,1-2H3,(H,19,20)(H,21,24)/t14-/m1/s1. The second-order valence-corrected chi connectivity index (χ2v) is 6.26. The summed E-state index contributed by atoms with van der Waals surface area (Å²) in [7, 11) is 0. The number of nitrogens with zero attached hydrogens (tertiary/aromatic N) is 3. The Morgan fingerprint density at radius 3 is 3.04 bits per heavy atom. The quantitative estimate of drug-likeness (QED) is 0.743. The molecule has 0 spiro atoms. The molecule has 3 aromatic rings. The number of amides is 2. The van der Waals surface area contributed by atoms with Gasteiger partial charge in [0.05, 0.1) is 17.1 Å². The molecule has 1 aromatic carbocycles. The van der Waals surface area contributed by atoms with E-state index in [1.807, 2.05) is 0 Å². The molecule has 1 aliphatic heterocycles. The van der Waals surface area contributed by atoms with Crippen LogP contribution in [0.25, 0.3) is 11.0 Å². The van der Waals surface area contributed by atoms with E-state index in [2.05, 4.69) is 20.4 Å². The summed E-state index contributed by atoms with van der Waals surface area (Å²) in [5, 5.41) is 6.72. The van der Waals surface area contributed by atoms with Crippen molar-refractivity contribution in [3.05, 3.63) is 41.3 Å². The molecule has 0 bridgehead atoms. The number of carbonyl (C=O) groups excluding carboxylic acids is 1. The molecule has 4 rings (SSSR count). The molecule has 8 heteroatoms. The van der Waals surface area contributed by atoms with Crippen LogP contribution in [0.15, 0.2) is 22.7 Å². The molecule has 1 atom stereocenters. The minimum Gasteiger partial charge on any atom is -0.359 e. The maximum Gasteiger partial charge on any atom is 0.322 e. The molecule has 0 saturated carbocycles. The average molecular weight is 343 g/mol. The summed E-state index contributed by atoms with van der Waals surface area (Å²) in [6, 6.07) is 4.03. The molecule has 2 N–H and O–H groups in total. The van der Waals surface area contributed by atoms with Gasteiger partial charge in [-0.05, 0) is 44.9 Å². The minimum absolute atomic E-state index is 0.170. The van der Waals surface area contributed by atoms with Crippen molar-refractivity contribution in [2.24, 2.45) is 0 Å². The van der Waals surface area contributed by atoms with Gasteiger partial charge in [0, 0.05) is 6.54 Å². The van der Waals surface area contributed by atoms with Crippen LogP contribution in [-0.4, -0.2) is 32.6 Å². The van der Waals surface area contributed by atoms with Crippen LogP contribution in [0.2, 0.25) is 0 Å². The number of hydrogen-bond acceptors (Lipinski definition) is 4. The zero-order valence-electron chi connectivity index (χ0n) is 14.0. The van der Waals surface area contributed by atoms with Crippen molar-refractivity contribution in [2.45, 2.75) is 32.7 Å². The van der Waals surface area contributed by atoms with Crippen LogP contribution in [0.1, 0.15) is 36.2 Å². The number of benzene rings is 1. The Kier molecular flexibility index (Phi) is 3.67. The molecule has 1 saturated heterocycles. The number of hydrogen-bond donors (Lipinski definition) is 2. The molecule has 25 heavy (non-hydrogen) atoms. The molecule has 130 valence electrons. The fourth-order valence-electron chi connectivity index (χ4n) is 3.29. The number of H-pyrrole nitrogens is 1. The number of aromatic amines is 1. The topological polar surface area (TPSA) is 87.1 Å². The van der Waals surface area contributed by atoms with Crippen molar-refractivity contribution >= 4 is 22.8 Å². The van der Waals surface area contributed by atoms with Gasteiger partial charge < -0.3 is 19.7 Å². The summed E-state index contributed by atoms with van der Waals surface area (Å²) in [4.78, 5) is 22.1. The van der Waals surface area contributed by atoms with Gasteiger partial charge in [-0.1, -0.05) is 5.16 Å².